The Morgan fingerprint density at radius 3 is 2.89 bits per heavy atom. The van der Waals surface area contributed by atoms with Crippen molar-refractivity contribution >= 4 is 27.1 Å². The van der Waals surface area contributed by atoms with Gasteiger partial charge < -0.3 is 5.32 Å². The highest BCUT2D eigenvalue weighted by Gasteiger charge is 2.29. The molecule has 100 valence electrons. The number of hydrogen-bond donors (Lipinski definition) is 1. The third-order valence-corrected chi connectivity index (χ3v) is 5.46. The van der Waals surface area contributed by atoms with Gasteiger partial charge in [-0.2, -0.15) is 0 Å². The summed E-state index contributed by atoms with van der Waals surface area (Å²) in [5.74, 6) is -0.213. The SMILES string of the molecule is CS(=O)(=O)[C@@H]1CCC[C@@H](NC(=O)c2cscn2)C1. The van der Waals surface area contributed by atoms with E-state index in [0.29, 0.717) is 18.5 Å². The molecule has 1 heterocycles. The summed E-state index contributed by atoms with van der Waals surface area (Å²) < 4.78 is 23.0. The smallest absolute Gasteiger partial charge is 0.270 e. The molecule has 1 aliphatic rings. The minimum absolute atomic E-state index is 0.0623. The normalized spacial score (nSPS) is 24.7. The van der Waals surface area contributed by atoms with Crippen LogP contribution in [0.4, 0.5) is 0 Å². The van der Waals surface area contributed by atoms with Gasteiger partial charge in [0, 0.05) is 17.7 Å². The average Bonchev–Trinajstić information content (AvgIpc) is 2.81. The predicted molar refractivity (Wildman–Crippen MR) is 70.5 cm³/mol. The predicted octanol–water partition coefficient (Wildman–Crippen LogP) is 1.23. The number of carbonyl (C=O) groups excluding carboxylic acids is 1. The molecule has 1 aromatic heterocycles. The lowest BCUT2D eigenvalue weighted by Gasteiger charge is -2.28. The fourth-order valence-corrected chi connectivity index (χ4v) is 3.96. The number of rotatable bonds is 3. The molecular weight excluding hydrogens is 272 g/mol. The van der Waals surface area contributed by atoms with Gasteiger partial charge >= 0.3 is 0 Å². The van der Waals surface area contributed by atoms with E-state index in [1.54, 1.807) is 10.9 Å². The molecule has 0 aromatic carbocycles. The number of hydrogen-bond acceptors (Lipinski definition) is 5. The van der Waals surface area contributed by atoms with Crippen LogP contribution < -0.4 is 5.32 Å². The Balaban J connectivity index is 1.96. The first-order chi connectivity index (χ1) is 8.47. The second-order valence-corrected chi connectivity index (χ2v) is 7.71. The summed E-state index contributed by atoms with van der Waals surface area (Å²) in [6.07, 6.45) is 4.14. The summed E-state index contributed by atoms with van der Waals surface area (Å²) in [6.45, 7) is 0. The largest absolute Gasteiger partial charge is 0.348 e. The molecule has 1 aromatic rings. The van der Waals surface area contributed by atoms with Crippen LogP contribution in [-0.4, -0.2) is 36.9 Å². The number of nitrogens with one attached hydrogen (secondary N) is 1. The molecule has 2 atom stereocenters. The zero-order valence-corrected chi connectivity index (χ0v) is 11.8. The summed E-state index contributed by atoms with van der Waals surface area (Å²) in [6, 6.07) is -0.0623. The maximum atomic E-state index is 11.8. The summed E-state index contributed by atoms with van der Waals surface area (Å²) in [4.78, 5) is 15.8. The van der Waals surface area contributed by atoms with Gasteiger partial charge in [0.15, 0.2) is 0 Å². The molecule has 7 heteroatoms. The van der Waals surface area contributed by atoms with E-state index >= 15 is 0 Å². The van der Waals surface area contributed by atoms with Gasteiger partial charge in [0.2, 0.25) is 0 Å². The Morgan fingerprint density at radius 2 is 2.28 bits per heavy atom. The van der Waals surface area contributed by atoms with Crippen molar-refractivity contribution in [2.75, 3.05) is 6.26 Å². The monoisotopic (exact) mass is 288 g/mol. The molecule has 0 unspecified atom stereocenters. The molecular formula is C11H16N2O3S2. The van der Waals surface area contributed by atoms with Crippen molar-refractivity contribution in [2.45, 2.75) is 37.0 Å². The third-order valence-electron chi connectivity index (χ3n) is 3.23. The van der Waals surface area contributed by atoms with E-state index in [4.69, 9.17) is 0 Å². The van der Waals surface area contributed by atoms with Crippen molar-refractivity contribution in [3.05, 3.63) is 16.6 Å². The summed E-state index contributed by atoms with van der Waals surface area (Å²) in [5, 5.41) is 4.22. The molecule has 1 aliphatic carbocycles. The van der Waals surface area contributed by atoms with Crippen molar-refractivity contribution < 1.29 is 13.2 Å². The maximum Gasteiger partial charge on any atom is 0.270 e. The number of carbonyl (C=O) groups is 1. The van der Waals surface area contributed by atoms with E-state index in [1.807, 2.05) is 0 Å². The van der Waals surface area contributed by atoms with E-state index in [2.05, 4.69) is 10.3 Å². The van der Waals surface area contributed by atoms with Crippen molar-refractivity contribution in [3.63, 3.8) is 0 Å². The van der Waals surface area contributed by atoms with Gasteiger partial charge in [0.25, 0.3) is 5.91 Å². The zero-order valence-electron chi connectivity index (χ0n) is 10.1. The summed E-state index contributed by atoms with van der Waals surface area (Å²) >= 11 is 1.37. The lowest BCUT2D eigenvalue weighted by Crippen LogP contribution is -2.41. The molecule has 1 saturated carbocycles. The Bertz CT molecular complexity index is 510. The topological polar surface area (TPSA) is 76.1 Å². The average molecular weight is 288 g/mol. The molecule has 2 rings (SSSR count). The lowest BCUT2D eigenvalue weighted by atomic mass is 9.95. The van der Waals surface area contributed by atoms with Crippen molar-refractivity contribution in [2.24, 2.45) is 0 Å². The first kappa shape index (κ1) is 13.5. The van der Waals surface area contributed by atoms with Crippen LogP contribution in [0.25, 0.3) is 0 Å². The van der Waals surface area contributed by atoms with Crippen LogP contribution in [0.2, 0.25) is 0 Å². The Hall–Kier alpha value is -0.950. The standard InChI is InChI=1S/C11H16N2O3S2/c1-18(15,16)9-4-2-3-8(5-9)13-11(14)10-6-17-7-12-10/h6-9H,2-5H2,1H3,(H,13,14)/t8-,9-/m1/s1. The van der Waals surface area contributed by atoms with Crippen molar-refractivity contribution in [3.8, 4) is 0 Å². The maximum absolute atomic E-state index is 11.8. The number of sulfone groups is 1. The quantitative estimate of drug-likeness (QED) is 0.907. The van der Waals surface area contributed by atoms with Gasteiger partial charge in [-0.3, -0.25) is 4.79 Å². The van der Waals surface area contributed by atoms with Gasteiger partial charge in [0.1, 0.15) is 15.5 Å². The van der Waals surface area contributed by atoms with Gasteiger partial charge in [-0.15, -0.1) is 11.3 Å². The van der Waals surface area contributed by atoms with E-state index in [1.165, 1.54) is 17.6 Å². The minimum Gasteiger partial charge on any atom is -0.348 e. The van der Waals surface area contributed by atoms with Crippen molar-refractivity contribution in [1.29, 1.82) is 0 Å². The van der Waals surface area contributed by atoms with Gasteiger partial charge in [-0.05, 0) is 19.3 Å². The summed E-state index contributed by atoms with van der Waals surface area (Å²) in [5.41, 5.74) is 2.01. The molecule has 5 nitrogen and oxygen atoms in total. The van der Waals surface area contributed by atoms with Crippen LogP contribution in [0.15, 0.2) is 10.9 Å². The minimum atomic E-state index is -3.01. The highest BCUT2D eigenvalue weighted by molar-refractivity contribution is 7.91. The number of amides is 1. The van der Waals surface area contributed by atoms with E-state index < -0.39 is 9.84 Å². The Labute approximate surface area is 111 Å². The molecule has 0 radical (unpaired) electrons. The molecule has 18 heavy (non-hydrogen) atoms. The Morgan fingerprint density at radius 1 is 1.50 bits per heavy atom. The van der Waals surface area contributed by atoms with Crippen LogP contribution in [0.5, 0.6) is 0 Å². The zero-order chi connectivity index (χ0) is 13.2. The van der Waals surface area contributed by atoms with Gasteiger partial charge in [0.05, 0.1) is 10.8 Å². The van der Waals surface area contributed by atoms with Crippen LogP contribution in [0.1, 0.15) is 36.2 Å². The van der Waals surface area contributed by atoms with Gasteiger partial charge in [-0.1, -0.05) is 6.42 Å². The fourth-order valence-electron chi connectivity index (χ4n) is 2.25. The molecule has 1 N–H and O–H groups in total. The molecule has 0 aliphatic heterocycles. The fraction of sp³-hybridized carbons (Fsp3) is 0.636. The van der Waals surface area contributed by atoms with Crippen molar-refractivity contribution in [1.82, 2.24) is 10.3 Å². The van der Waals surface area contributed by atoms with Crippen LogP contribution in [0.3, 0.4) is 0 Å². The van der Waals surface area contributed by atoms with Gasteiger partial charge in [-0.25, -0.2) is 13.4 Å². The highest BCUT2D eigenvalue weighted by atomic mass is 32.2. The van der Waals surface area contributed by atoms with E-state index in [0.717, 1.165) is 12.8 Å². The van der Waals surface area contributed by atoms with E-state index in [-0.39, 0.29) is 17.2 Å². The molecule has 0 bridgehead atoms. The van der Waals surface area contributed by atoms with Crippen LogP contribution in [0, 0.1) is 0 Å². The number of nitrogens with zero attached hydrogens (tertiary/aromatic N) is 1. The van der Waals surface area contributed by atoms with Crippen LogP contribution in [-0.2, 0) is 9.84 Å². The van der Waals surface area contributed by atoms with Crippen LogP contribution >= 0.6 is 11.3 Å². The second kappa shape index (κ2) is 5.36. The highest BCUT2D eigenvalue weighted by Crippen LogP contribution is 2.24. The second-order valence-electron chi connectivity index (χ2n) is 4.66. The molecule has 0 saturated heterocycles. The van der Waals surface area contributed by atoms with E-state index in [9.17, 15) is 13.2 Å². The third kappa shape index (κ3) is 3.29. The first-order valence-electron chi connectivity index (χ1n) is 5.84. The molecule has 0 spiro atoms. The number of thiazole rings is 1. The number of aromatic nitrogens is 1. The molecule has 1 fully saturated rings. The Kier molecular flexibility index (Phi) is 4.01. The first-order valence-corrected chi connectivity index (χ1v) is 8.74. The lowest BCUT2D eigenvalue weighted by molar-refractivity contribution is 0.0923. The summed E-state index contributed by atoms with van der Waals surface area (Å²) in [7, 11) is -3.01. The molecule has 1 amide bonds.